The number of benzene rings is 1. The van der Waals surface area contributed by atoms with Gasteiger partial charge in [-0.3, -0.25) is 0 Å². The van der Waals surface area contributed by atoms with Crippen LogP contribution in [-0.4, -0.2) is 26.4 Å². The normalized spacial score (nSPS) is 12.0. The highest BCUT2D eigenvalue weighted by Gasteiger charge is 2.16. The summed E-state index contributed by atoms with van der Waals surface area (Å²) in [6.45, 7) is 3.61. The van der Waals surface area contributed by atoms with Crippen LogP contribution in [0.3, 0.4) is 0 Å². The summed E-state index contributed by atoms with van der Waals surface area (Å²) in [5.41, 5.74) is 0.485. The first kappa shape index (κ1) is 14.5. The van der Waals surface area contributed by atoms with E-state index in [4.69, 9.17) is 0 Å². The standard InChI is InChI=1S/C16H16N2OS2/c1-16(2,19)9-20-14-12-8-13(11-6-4-3-5-7-11)21-15(12)18-10-17-14/h3-8,10,19H,9H2,1-2H3. The predicted octanol–water partition coefficient (Wildman–Crippen LogP) is 4.22. The van der Waals surface area contributed by atoms with Crippen LogP contribution in [0.2, 0.25) is 0 Å². The van der Waals surface area contributed by atoms with E-state index in [1.165, 1.54) is 10.4 Å². The van der Waals surface area contributed by atoms with E-state index in [9.17, 15) is 5.11 Å². The smallest absolute Gasteiger partial charge is 0.128 e. The van der Waals surface area contributed by atoms with Crippen molar-refractivity contribution < 1.29 is 5.11 Å². The molecule has 1 aromatic carbocycles. The van der Waals surface area contributed by atoms with Crippen molar-refractivity contribution in [2.45, 2.75) is 24.5 Å². The van der Waals surface area contributed by atoms with E-state index in [0.717, 1.165) is 15.2 Å². The van der Waals surface area contributed by atoms with Crippen molar-refractivity contribution in [1.82, 2.24) is 9.97 Å². The fraction of sp³-hybridized carbons (Fsp3) is 0.250. The van der Waals surface area contributed by atoms with Gasteiger partial charge in [0.2, 0.25) is 0 Å². The van der Waals surface area contributed by atoms with Crippen LogP contribution in [-0.2, 0) is 0 Å². The second kappa shape index (κ2) is 5.75. The first-order chi connectivity index (χ1) is 10.0. The Labute approximate surface area is 132 Å². The summed E-state index contributed by atoms with van der Waals surface area (Å²) in [5, 5.41) is 11.9. The fourth-order valence-electron chi connectivity index (χ4n) is 1.94. The Morgan fingerprint density at radius 3 is 2.67 bits per heavy atom. The molecule has 0 aliphatic heterocycles. The lowest BCUT2D eigenvalue weighted by Crippen LogP contribution is -2.21. The third-order valence-electron chi connectivity index (χ3n) is 2.91. The number of thiophene rings is 1. The molecule has 2 aromatic heterocycles. The number of rotatable bonds is 4. The van der Waals surface area contributed by atoms with Crippen molar-refractivity contribution >= 4 is 33.3 Å². The molecule has 0 amide bonds. The van der Waals surface area contributed by atoms with E-state index >= 15 is 0 Å². The van der Waals surface area contributed by atoms with E-state index in [1.807, 2.05) is 18.2 Å². The van der Waals surface area contributed by atoms with E-state index in [0.29, 0.717) is 5.75 Å². The molecule has 3 aromatic rings. The van der Waals surface area contributed by atoms with Gasteiger partial charge < -0.3 is 5.11 Å². The molecule has 3 rings (SSSR count). The van der Waals surface area contributed by atoms with Gasteiger partial charge in [-0.2, -0.15) is 0 Å². The van der Waals surface area contributed by atoms with Crippen LogP contribution in [0.15, 0.2) is 47.8 Å². The summed E-state index contributed by atoms with van der Waals surface area (Å²) < 4.78 is 0. The first-order valence-electron chi connectivity index (χ1n) is 6.68. The molecule has 0 aliphatic rings. The summed E-state index contributed by atoms with van der Waals surface area (Å²) in [5.74, 6) is 0.607. The van der Waals surface area contributed by atoms with Gasteiger partial charge in [-0.1, -0.05) is 30.3 Å². The Hall–Kier alpha value is -1.43. The van der Waals surface area contributed by atoms with Gasteiger partial charge in [0.05, 0.1) is 5.60 Å². The Morgan fingerprint density at radius 1 is 1.19 bits per heavy atom. The average Bonchev–Trinajstić information content (AvgIpc) is 2.89. The van der Waals surface area contributed by atoms with Crippen LogP contribution in [0.25, 0.3) is 20.7 Å². The molecule has 0 unspecified atom stereocenters. The maximum atomic E-state index is 9.87. The molecule has 0 bridgehead atoms. The topological polar surface area (TPSA) is 46.0 Å². The van der Waals surface area contributed by atoms with E-state index in [1.54, 1.807) is 43.3 Å². The van der Waals surface area contributed by atoms with Gasteiger partial charge in [0.1, 0.15) is 16.2 Å². The zero-order valence-corrected chi connectivity index (χ0v) is 13.5. The van der Waals surface area contributed by atoms with E-state index < -0.39 is 5.60 Å². The zero-order valence-electron chi connectivity index (χ0n) is 11.9. The minimum atomic E-state index is -0.708. The lowest BCUT2D eigenvalue weighted by Gasteiger charge is -2.15. The van der Waals surface area contributed by atoms with Crippen molar-refractivity contribution in [3.05, 3.63) is 42.7 Å². The highest BCUT2D eigenvalue weighted by atomic mass is 32.2. The highest BCUT2D eigenvalue weighted by Crippen LogP contribution is 2.36. The minimum Gasteiger partial charge on any atom is -0.390 e. The molecule has 21 heavy (non-hydrogen) atoms. The van der Waals surface area contributed by atoms with E-state index in [-0.39, 0.29) is 0 Å². The van der Waals surface area contributed by atoms with Crippen molar-refractivity contribution in [2.75, 3.05) is 5.75 Å². The number of nitrogens with zero attached hydrogens (tertiary/aromatic N) is 2. The van der Waals surface area contributed by atoms with Crippen molar-refractivity contribution in [3.63, 3.8) is 0 Å². The quantitative estimate of drug-likeness (QED) is 0.578. The Morgan fingerprint density at radius 2 is 1.95 bits per heavy atom. The molecule has 2 heterocycles. The molecule has 1 N–H and O–H groups in total. The van der Waals surface area contributed by atoms with Crippen molar-refractivity contribution in [1.29, 1.82) is 0 Å². The molecule has 0 spiro atoms. The fourth-order valence-corrected chi connectivity index (χ4v) is 3.93. The number of aliphatic hydroxyl groups is 1. The molecular formula is C16H16N2OS2. The van der Waals surface area contributed by atoms with E-state index in [2.05, 4.69) is 28.2 Å². The maximum absolute atomic E-state index is 9.87. The molecule has 108 valence electrons. The number of thioether (sulfide) groups is 1. The molecule has 0 saturated heterocycles. The number of aromatic nitrogens is 2. The molecule has 3 nitrogen and oxygen atoms in total. The van der Waals surface area contributed by atoms with Crippen molar-refractivity contribution in [2.24, 2.45) is 0 Å². The third-order valence-corrected chi connectivity index (χ3v) is 5.45. The monoisotopic (exact) mass is 316 g/mol. The number of hydrogen-bond acceptors (Lipinski definition) is 5. The van der Waals surface area contributed by atoms with Gasteiger partial charge in [0.15, 0.2) is 0 Å². The number of hydrogen-bond donors (Lipinski definition) is 1. The third kappa shape index (κ3) is 3.43. The van der Waals surface area contributed by atoms with Crippen molar-refractivity contribution in [3.8, 4) is 10.4 Å². The van der Waals surface area contributed by atoms with Gasteiger partial charge in [-0.25, -0.2) is 9.97 Å². The summed E-state index contributed by atoms with van der Waals surface area (Å²) in [4.78, 5) is 10.9. The van der Waals surface area contributed by atoms with Crippen LogP contribution < -0.4 is 0 Å². The Bertz CT molecular complexity index is 748. The maximum Gasteiger partial charge on any atom is 0.128 e. The average molecular weight is 316 g/mol. The summed E-state index contributed by atoms with van der Waals surface area (Å²) in [7, 11) is 0. The zero-order chi connectivity index (χ0) is 14.9. The van der Waals surface area contributed by atoms with Gasteiger partial charge in [-0.15, -0.1) is 23.1 Å². The minimum absolute atomic E-state index is 0.607. The summed E-state index contributed by atoms with van der Waals surface area (Å²) >= 11 is 3.24. The molecule has 5 heteroatoms. The molecule has 0 radical (unpaired) electrons. The lowest BCUT2D eigenvalue weighted by atomic mass is 10.2. The van der Waals surface area contributed by atoms with Crippen LogP contribution >= 0.6 is 23.1 Å². The van der Waals surface area contributed by atoms with Gasteiger partial charge in [0, 0.05) is 16.0 Å². The second-order valence-corrected chi connectivity index (χ2v) is 7.47. The van der Waals surface area contributed by atoms with Crippen LogP contribution in [0.5, 0.6) is 0 Å². The Balaban J connectivity index is 1.98. The second-order valence-electron chi connectivity index (χ2n) is 5.48. The Kier molecular flexibility index (Phi) is 3.97. The summed E-state index contributed by atoms with van der Waals surface area (Å²) in [6, 6.07) is 12.4. The molecular weight excluding hydrogens is 300 g/mol. The van der Waals surface area contributed by atoms with Gasteiger partial charge in [-0.05, 0) is 25.5 Å². The molecule has 0 atom stereocenters. The largest absolute Gasteiger partial charge is 0.390 e. The van der Waals surface area contributed by atoms with Crippen LogP contribution in [0.4, 0.5) is 0 Å². The SMILES string of the molecule is CC(C)(O)CSc1ncnc2sc(-c3ccccc3)cc12. The predicted molar refractivity (Wildman–Crippen MR) is 89.9 cm³/mol. The van der Waals surface area contributed by atoms with Gasteiger partial charge in [0.25, 0.3) is 0 Å². The number of fused-ring (bicyclic) bond motifs is 1. The highest BCUT2D eigenvalue weighted by molar-refractivity contribution is 7.99. The molecule has 0 saturated carbocycles. The summed E-state index contributed by atoms with van der Waals surface area (Å²) in [6.07, 6.45) is 1.60. The first-order valence-corrected chi connectivity index (χ1v) is 8.48. The van der Waals surface area contributed by atoms with Crippen LogP contribution in [0, 0.1) is 0 Å². The lowest BCUT2D eigenvalue weighted by molar-refractivity contribution is 0.107. The molecule has 0 fully saturated rings. The van der Waals surface area contributed by atoms with Gasteiger partial charge >= 0.3 is 0 Å². The molecule has 0 aliphatic carbocycles. The van der Waals surface area contributed by atoms with Crippen LogP contribution in [0.1, 0.15) is 13.8 Å².